The van der Waals surface area contributed by atoms with Crippen molar-refractivity contribution in [3.8, 4) is 50.8 Å². The molecule has 2 aromatic heterocycles. The molecular weight excluding hydrogens is 657 g/mol. The molecule has 54 heavy (non-hydrogen) atoms. The van der Waals surface area contributed by atoms with E-state index in [0.717, 1.165) is 88.4 Å². The number of benzene rings is 8. The van der Waals surface area contributed by atoms with Gasteiger partial charge in [-0.2, -0.15) is 5.26 Å². The third-order valence-electron chi connectivity index (χ3n) is 10.6. The van der Waals surface area contributed by atoms with E-state index in [-0.39, 0.29) is 0 Å². The molecule has 0 radical (unpaired) electrons. The van der Waals surface area contributed by atoms with Crippen LogP contribution in [0.1, 0.15) is 5.56 Å². The van der Waals surface area contributed by atoms with Crippen molar-refractivity contribution in [2.24, 2.45) is 0 Å². The van der Waals surface area contributed by atoms with Gasteiger partial charge in [0.1, 0.15) is 0 Å². The summed E-state index contributed by atoms with van der Waals surface area (Å²) in [5.41, 5.74) is 12.9. The predicted molar refractivity (Wildman–Crippen MR) is 222 cm³/mol. The van der Waals surface area contributed by atoms with E-state index in [4.69, 9.17) is 6.57 Å². The van der Waals surface area contributed by atoms with E-state index < -0.39 is 0 Å². The quantitative estimate of drug-likeness (QED) is 0.166. The molecule has 4 heteroatoms. The minimum absolute atomic E-state index is 0.524. The second kappa shape index (κ2) is 12.5. The Kier molecular flexibility index (Phi) is 7.22. The minimum Gasteiger partial charge on any atom is -0.319 e. The maximum atomic E-state index is 9.95. The molecule has 4 nitrogen and oxygen atoms in total. The van der Waals surface area contributed by atoms with Gasteiger partial charge < -0.3 is 9.13 Å². The SMILES string of the molecule is [C-]#[N+]c1c(-n2c3ccccc3c3ccc(-c4ccccc4)cc32)ccc(-c2cccc(C#N)c2)c1-n1c2ccccc2c2ccc(-c3ccccc3)cc21. The third kappa shape index (κ3) is 4.83. The Bertz CT molecular complexity index is 3170. The summed E-state index contributed by atoms with van der Waals surface area (Å²) in [6.07, 6.45) is 0. The first-order chi connectivity index (χ1) is 26.7. The Labute approximate surface area is 312 Å². The molecule has 0 fully saturated rings. The summed E-state index contributed by atoms with van der Waals surface area (Å²) in [6.45, 7) is 9.00. The molecule has 250 valence electrons. The van der Waals surface area contributed by atoms with Crippen LogP contribution in [0.25, 0.3) is 93.2 Å². The zero-order valence-electron chi connectivity index (χ0n) is 29.1. The summed E-state index contributed by atoms with van der Waals surface area (Å²) >= 11 is 0. The third-order valence-corrected chi connectivity index (χ3v) is 10.6. The van der Waals surface area contributed by atoms with Gasteiger partial charge in [0, 0.05) is 21.5 Å². The van der Waals surface area contributed by atoms with Crippen molar-refractivity contribution < 1.29 is 0 Å². The molecule has 10 rings (SSSR count). The number of rotatable bonds is 5. The van der Waals surface area contributed by atoms with E-state index in [1.165, 1.54) is 0 Å². The van der Waals surface area contributed by atoms with Gasteiger partial charge in [0.25, 0.3) is 0 Å². The van der Waals surface area contributed by atoms with Gasteiger partial charge in [0.15, 0.2) is 0 Å². The van der Waals surface area contributed by atoms with Gasteiger partial charge in [-0.3, -0.25) is 0 Å². The van der Waals surface area contributed by atoms with Crippen molar-refractivity contribution in [3.05, 3.63) is 199 Å². The fourth-order valence-electron chi connectivity index (χ4n) is 8.14. The smallest absolute Gasteiger partial charge is 0.234 e. The van der Waals surface area contributed by atoms with Gasteiger partial charge >= 0.3 is 0 Å². The standard InChI is InChI=1S/C50H30N4/c1-52-49-46(53-44-21-10-8-19-40(44)42-25-23-36(30-47(42)53)34-14-4-2-5-15-34)28-27-39(38-18-12-13-33(29-38)32-51)50(49)54-45-22-11-9-20-41(45)43-26-24-37(31-48(43)54)35-16-6-3-7-17-35/h2-31H. The Morgan fingerprint density at radius 2 is 0.944 bits per heavy atom. The fraction of sp³-hybridized carbons (Fsp3) is 0. The average Bonchev–Trinajstić information content (AvgIpc) is 3.75. The minimum atomic E-state index is 0.524. The molecule has 0 aliphatic heterocycles. The summed E-state index contributed by atoms with van der Waals surface area (Å²) in [6, 6.07) is 65.2. The maximum absolute atomic E-state index is 9.95. The molecule has 0 unspecified atom stereocenters. The van der Waals surface area contributed by atoms with E-state index in [0.29, 0.717) is 11.3 Å². The molecule has 0 aliphatic rings. The van der Waals surface area contributed by atoms with Crippen LogP contribution in [0.3, 0.4) is 0 Å². The molecule has 2 heterocycles. The first-order valence-electron chi connectivity index (χ1n) is 17.9. The molecule has 8 aromatic carbocycles. The second-order valence-electron chi connectivity index (χ2n) is 13.5. The number of fused-ring (bicyclic) bond motifs is 6. The predicted octanol–water partition coefficient (Wildman–Crippen LogP) is 13.3. The van der Waals surface area contributed by atoms with Crippen LogP contribution in [-0.4, -0.2) is 9.13 Å². The van der Waals surface area contributed by atoms with Gasteiger partial charge in [-0.25, -0.2) is 4.85 Å². The number of nitriles is 1. The summed E-state index contributed by atoms with van der Waals surface area (Å²) in [5.74, 6) is 0. The van der Waals surface area contributed by atoms with Gasteiger partial charge in [-0.15, -0.1) is 0 Å². The first kappa shape index (κ1) is 31.1. The van der Waals surface area contributed by atoms with Gasteiger partial charge in [0.05, 0.1) is 51.6 Å². The van der Waals surface area contributed by atoms with Crippen molar-refractivity contribution in [3.63, 3.8) is 0 Å². The number of hydrogen-bond donors (Lipinski definition) is 0. The van der Waals surface area contributed by atoms with Crippen LogP contribution in [0.15, 0.2) is 182 Å². The van der Waals surface area contributed by atoms with Crippen LogP contribution in [0.5, 0.6) is 0 Å². The van der Waals surface area contributed by atoms with Gasteiger partial charge in [0.2, 0.25) is 5.69 Å². The molecule has 0 saturated carbocycles. The lowest BCUT2D eigenvalue weighted by atomic mass is 9.99. The zero-order valence-corrected chi connectivity index (χ0v) is 29.1. The molecular formula is C50H30N4. The average molecular weight is 687 g/mol. The van der Waals surface area contributed by atoms with E-state index in [1.54, 1.807) is 0 Å². The monoisotopic (exact) mass is 686 g/mol. The Morgan fingerprint density at radius 1 is 0.426 bits per heavy atom. The highest BCUT2D eigenvalue weighted by Crippen LogP contribution is 2.46. The van der Waals surface area contributed by atoms with E-state index in [2.05, 4.69) is 166 Å². The Morgan fingerprint density at radius 3 is 1.54 bits per heavy atom. The Balaban J connectivity index is 1.35. The number of hydrogen-bond acceptors (Lipinski definition) is 1. The normalized spacial score (nSPS) is 11.3. The van der Waals surface area contributed by atoms with Crippen LogP contribution in [0, 0.1) is 17.9 Å². The number of nitrogens with zero attached hydrogens (tertiary/aromatic N) is 4. The van der Waals surface area contributed by atoms with Crippen molar-refractivity contribution >= 4 is 49.3 Å². The van der Waals surface area contributed by atoms with Gasteiger partial charge in [-0.1, -0.05) is 140 Å². The largest absolute Gasteiger partial charge is 0.319 e. The maximum Gasteiger partial charge on any atom is 0.234 e. The van der Waals surface area contributed by atoms with Crippen molar-refractivity contribution in [1.29, 1.82) is 5.26 Å². The number of aromatic nitrogens is 2. The van der Waals surface area contributed by atoms with Crippen molar-refractivity contribution in [2.75, 3.05) is 0 Å². The van der Waals surface area contributed by atoms with E-state index >= 15 is 0 Å². The molecule has 0 atom stereocenters. The molecule has 0 aliphatic carbocycles. The Hall–Kier alpha value is -7.66. The molecule has 10 aromatic rings. The lowest BCUT2D eigenvalue weighted by Gasteiger charge is -2.20. The highest BCUT2D eigenvalue weighted by Gasteiger charge is 2.25. The van der Waals surface area contributed by atoms with Crippen LogP contribution >= 0.6 is 0 Å². The van der Waals surface area contributed by atoms with Crippen molar-refractivity contribution in [2.45, 2.75) is 0 Å². The fourth-order valence-corrected chi connectivity index (χ4v) is 8.14. The highest BCUT2D eigenvalue weighted by molar-refractivity contribution is 6.13. The molecule has 0 spiro atoms. The molecule has 0 saturated heterocycles. The highest BCUT2D eigenvalue weighted by atomic mass is 15.1. The van der Waals surface area contributed by atoms with E-state index in [9.17, 15) is 5.26 Å². The summed E-state index contributed by atoms with van der Waals surface area (Å²) in [7, 11) is 0. The summed E-state index contributed by atoms with van der Waals surface area (Å²) in [4.78, 5) is 4.44. The molecule has 0 bridgehead atoms. The van der Waals surface area contributed by atoms with Crippen LogP contribution in [0.2, 0.25) is 0 Å². The second-order valence-corrected chi connectivity index (χ2v) is 13.5. The van der Waals surface area contributed by atoms with Crippen LogP contribution in [-0.2, 0) is 0 Å². The topological polar surface area (TPSA) is 38.0 Å². The van der Waals surface area contributed by atoms with E-state index in [1.807, 2.05) is 36.4 Å². The van der Waals surface area contributed by atoms with Crippen LogP contribution in [0.4, 0.5) is 5.69 Å². The lowest BCUT2D eigenvalue weighted by Crippen LogP contribution is -2.03. The lowest BCUT2D eigenvalue weighted by molar-refractivity contribution is 1.15. The van der Waals surface area contributed by atoms with Gasteiger partial charge in [-0.05, 0) is 75.8 Å². The molecule has 0 amide bonds. The zero-order chi connectivity index (χ0) is 36.2. The summed E-state index contributed by atoms with van der Waals surface area (Å²) < 4.78 is 4.53. The number of para-hydroxylation sites is 2. The van der Waals surface area contributed by atoms with Crippen LogP contribution < -0.4 is 0 Å². The molecule has 0 N–H and O–H groups in total. The van der Waals surface area contributed by atoms with Crippen molar-refractivity contribution in [1.82, 2.24) is 9.13 Å². The summed E-state index contributed by atoms with van der Waals surface area (Å²) in [5, 5.41) is 14.4. The first-order valence-corrected chi connectivity index (χ1v) is 17.9.